The number of aliphatic carboxylic acids is 2. The van der Waals surface area contributed by atoms with Crippen LogP contribution in [0.25, 0.3) is 0 Å². The van der Waals surface area contributed by atoms with Gasteiger partial charge in [-0.05, 0) is 23.6 Å². The molecule has 0 aromatic heterocycles. The molecule has 23 heavy (non-hydrogen) atoms. The molecule has 0 aliphatic heterocycles. The summed E-state index contributed by atoms with van der Waals surface area (Å²) in [5, 5.41) is 23.6. The number of carbonyl (C=O) groups is 3. The van der Waals surface area contributed by atoms with Crippen molar-refractivity contribution in [3.8, 4) is 0 Å². The van der Waals surface area contributed by atoms with E-state index in [9.17, 15) is 24.6 Å². The Balaban J connectivity index is 0.00000484. The summed E-state index contributed by atoms with van der Waals surface area (Å²) in [7, 11) is 0. The van der Waals surface area contributed by atoms with Crippen molar-refractivity contribution in [1.29, 1.82) is 0 Å². The molecule has 126 valence electrons. The Morgan fingerprint density at radius 1 is 1.00 bits per heavy atom. The Bertz CT molecular complexity index is 529. The predicted octanol–water partition coefficient (Wildman–Crippen LogP) is -1.45. The normalized spacial score (nSPS) is 10.3. The van der Waals surface area contributed by atoms with Crippen molar-refractivity contribution in [2.45, 2.75) is 19.8 Å². The van der Waals surface area contributed by atoms with Gasteiger partial charge in [-0.1, -0.05) is 26.0 Å². The van der Waals surface area contributed by atoms with Crippen molar-refractivity contribution >= 4 is 23.5 Å². The largest absolute Gasteiger partial charge is 2.00 e. The molecule has 0 bridgehead atoms. The van der Waals surface area contributed by atoms with Crippen LogP contribution in [0.5, 0.6) is 0 Å². The van der Waals surface area contributed by atoms with Gasteiger partial charge >= 0.3 is 19.5 Å². The molecule has 0 saturated carbocycles. The molecule has 0 fully saturated rings. The average Bonchev–Trinajstić information content (AvgIpc) is 2.37. The van der Waals surface area contributed by atoms with Crippen LogP contribution in [-0.4, -0.2) is 42.4 Å². The maximum Gasteiger partial charge on any atom is 2.00 e. The summed E-state index contributed by atoms with van der Waals surface area (Å²) >= 11 is 0. The predicted molar refractivity (Wildman–Crippen MR) is 75.6 cm³/mol. The number of hydrogen-bond donors (Lipinski definition) is 1. The number of carbonyl (C=O) groups excluding carboxylic acids is 3. The van der Waals surface area contributed by atoms with Gasteiger partial charge in [-0.2, -0.15) is 0 Å². The molecule has 1 N–H and O–H groups in total. The van der Waals surface area contributed by atoms with E-state index in [2.05, 4.69) is 5.32 Å². The maximum atomic E-state index is 11.8. The van der Waals surface area contributed by atoms with E-state index in [4.69, 9.17) is 0 Å². The topological polar surface area (TPSA) is 113 Å². The number of carboxylic acid groups (broad SMARTS) is 2. The number of nitrogens with one attached hydrogen (secondary N) is 1. The van der Waals surface area contributed by atoms with Crippen molar-refractivity contribution in [1.82, 2.24) is 4.90 Å². The molecule has 1 aromatic carbocycles. The van der Waals surface area contributed by atoms with Crippen molar-refractivity contribution in [3.05, 3.63) is 29.8 Å². The van der Waals surface area contributed by atoms with Crippen LogP contribution >= 0.6 is 0 Å². The Morgan fingerprint density at radius 3 is 1.87 bits per heavy atom. The summed E-state index contributed by atoms with van der Waals surface area (Å²) < 4.78 is 0. The first-order valence-electron chi connectivity index (χ1n) is 6.79. The molecule has 0 radical (unpaired) electrons. The van der Waals surface area contributed by atoms with Gasteiger partial charge in [-0.3, -0.25) is 9.69 Å². The van der Waals surface area contributed by atoms with Crippen molar-refractivity contribution < 1.29 is 44.1 Å². The van der Waals surface area contributed by atoms with Gasteiger partial charge in [0.1, 0.15) is 0 Å². The summed E-state index contributed by atoms with van der Waals surface area (Å²) in [5.74, 6) is -3.07. The Kier molecular flexibility index (Phi) is 9.29. The zero-order valence-corrected chi connectivity index (χ0v) is 14.6. The summed E-state index contributed by atoms with van der Waals surface area (Å²) in [6.07, 6.45) is 0. The number of nitrogens with zero attached hydrogens (tertiary/aromatic N) is 1. The Hall–Kier alpha value is -1.79. The molecule has 0 spiro atoms. The molecule has 1 rings (SSSR count). The average molecular weight is 407 g/mol. The molecule has 1 amide bonds. The fourth-order valence-electron chi connectivity index (χ4n) is 1.89. The van der Waals surface area contributed by atoms with Gasteiger partial charge in [-0.15, -0.1) is 0 Å². The van der Waals surface area contributed by atoms with E-state index in [-0.39, 0.29) is 26.0 Å². The van der Waals surface area contributed by atoms with Gasteiger partial charge in [0.25, 0.3) is 0 Å². The van der Waals surface area contributed by atoms with E-state index in [1.807, 2.05) is 26.0 Å². The molecule has 1 aromatic rings. The molecular weight excluding hydrogens is 389 g/mol. The van der Waals surface area contributed by atoms with Crippen LogP contribution in [0.2, 0.25) is 0 Å². The summed E-state index contributed by atoms with van der Waals surface area (Å²) in [6, 6.07) is 7.21. The van der Waals surface area contributed by atoms with Crippen LogP contribution in [0, 0.1) is 0 Å². The second-order valence-electron chi connectivity index (χ2n) is 5.21. The first-order chi connectivity index (χ1) is 10.3. The van der Waals surface area contributed by atoms with E-state index in [0.29, 0.717) is 11.6 Å². The van der Waals surface area contributed by atoms with Gasteiger partial charge < -0.3 is 25.1 Å². The summed E-state index contributed by atoms with van der Waals surface area (Å²) in [5.41, 5.74) is 1.67. The second-order valence-corrected chi connectivity index (χ2v) is 5.21. The zero-order valence-electron chi connectivity index (χ0n) is 12.9. The van der Waals surface area contributed by atoms with E-state index in [0.717, 1.165) is 10.5 Å². The molecule has 0 atom stereocenters. The molecular formula is C15H18N2O5Ru. The number of hydrogen-bond acceptors (Lipinski definition) is 6. The van der Waals surface area contributed by atoms with E-state index < -0.39 is 30.9 Å². The molecule has 0 saturated heterocycles. The monoisotopic (exact) mass is 408 g/mol. The van der Waals surface area contributed by atoms with E-state index in [1.54, 1.807) is 12.1 Å². The molecule has 0 aliphatic carbocycles. The van der Waals surface area contributed by atoms with Crippen molar-refractivity contribution in [2.75, 3.05) is 25.0 Å². The number of anilines is 1. The quantitative estimate of drug-likeness (QED) is 0.528. The van der Waals surface area contributed by atoms with Crippen molar-refractivity contribution in [2.24, 2.45) is 0 Å². The fourth-order valence-corrected chi connectivity index (χ4v) is 1.89. The van der Waals surface area contributed by atoms with Crippen LogP contribution < -0.4 is 15.5 Å². The smallest absolute Gasteiger partial charge is 0.549 e. The molecule has 0 aliphatic rings. The van der Waals surface area contributed by atoms with Crippen LogP contribution in [0.15, 0.2) is 24.3 Å². The minimum Gasteiger partial charge on any atom is -0.549 e. The number of benzene rings is 1. The zero-order chi connectivity index (χ0) is 16.7. The Morgan fingerprint density at radius 2 is 1.48 bits per heavy atom. The maximum absolute atomic E-state index is 11.8. The molecule has 0 heterocycles. The van der Waals surface area contributed by atoms with Gasteiger partial charge in [0, 0.05) is 18.8 Å². The minimum absolute atomic E-state index is 0. The van der Waals surface area contributed by atoms with Gasteiger partial charge in [0.2, 0.25) is 5.91 Å². The van der Waals surface area contributed by atoms with Crippen LogP contribution in [0.1, 0.15) is 25.3 Å². The summed E-state index contributed by atoms with van der Waals surface area (Å²) in [6.45, 7) is 2.39. The first kappa shape index (κ1) is 21.2. The van der Waals surface area contributed by atoms with Crippen LogP contribution in [0.4, 0.5) is 5.69 Å². The van der Waals surface area contributed by atoms with Gasteiger partial charge in [0.15, 0.2) is 0 Å². The van der Waals surface area contributed by atoms with Crippen LogP contribution in [0.3, 0.4) is 0 Å². The third-order valence-corrected chi connectivity index (χ3v) is 2.93. The van der Waals surface area contributed by atoms with E-state index in [1.165, 1.54) is 0 Å². The third kappa shape index (κ3) is 8.42. The second kappa shape index (κ2) is 10.1. The van der Waals surface area contributed by atoms with Gasteiger partial charge in [-0.25, -0.2) is 0 Å². The fraction of sp³-hybridized carbons (Fsp3) is 0.400. The van der Waals surface area contributed by atoms with Gasteiger partial charge in [0.05, 0.1) is 18.5 Å². The third-order valence-electron chi connectivity index (χ3n) is 2.93. The standard InChI is InChI=1S/C15H20N2O5.Ru/c1-10(2)11-3-5-12(6-4-11)16-13(18)7-17(8-14(19)20)9-15(21)22;/h3-6,10H,7-9H2,1-2H3,(H,16,18)(H,19,20)(H,21,22);/q;+2/p-2. The van der Waals surface area contributed by atoms with Crippen molar-refractivity contribution in [3.63, 3.8) is 0 Å². The molecule has 7 nitrogen and oxygen atoms in total. The first-order valence-corrected chi connectivity index (χ1v) is 6.79. The molecule has 0 unspecified atom stereocenters. The number of rotatable bonds is 8. The summed E-state index contributed by atoms with van der Waals surface area (Å²) in [4.78, 5) is 33.8. The number of carboxylic acids is 2. The van der Waals surface area contributed by atoms with Crippen LogP contribution in [-0.2, 0) is 33.9 Å². The molecule has 8 heteroatoms. The number of amides is 1. The minimum atomic E-state index is -1.46. The Labute approximate surface area is 147 Å². The van der Waals surface area contributed by atoms with E-state index >= 15 is 0 Å². The SMILES string of the molecule is CC(C)c1ccc(NC(=O)CN(CC(=O)[O-])CC(=O)[O-])cc1.[Ru+2].